The summed E-state index contributed by atoms with van der Waals surface area (Å²) in [6.07, 6.45) is 3.82. The summed E-state index contributed by atoms with van der Waals surface area (Å²) >= 11 is 0. The fraction of sp³-hybridized carbons (Fsp3) is 0.520. The number of aryl methyl sites for hydroxylation is 1. The van der Waals surface area contributed by atoms with E-state index in [1.54, 1.807) is 26.1 Å². The molecule has 3 heterocycles. The Balaban J connectivity index is 0.00000228. The van der Waals surface area contributed by atoms with Gasteiger partial charge in [-0.3, -0.25) is 4.98 Å². The number of benzene rings is 1. The number of fused-ring (bicyclic) bond motifs is 1. The van der Waals surface area contributed by atoms with Crippen molar-refractivity contribution in [1.82, 2.24) is 9.88 Å². The van der Waals surface area contributed by atoms with E-state index in [9.17, 15) is 23.4 Å². The van der Waals surface area contributed by atoms with Gasteiger partial charge in [-0.2, -0.15) is 0 Å². The molecule has 1 aromatic heterocycles. The summed E-state index contributed by atoms with van der Waals surface area (Å²) in [4.78, 5) is 17.1. The number of likely N-dealkylation sites (tertiary alicyclic amines) is 1. The van der Waals surface area contributed by atoms with Crippen LogP contribution in [0.3, 0.4) is 0 Å². The Morgan fingerprint density at radius 1 is 1.14 bits per heavy atom. The maximum Gasteiger partial charge on any atom is 0.407 e. The molecule has 1 saturated heterocycles. The van der Waals surface area contributed by atoms with E-state index >= 15 is 0 Å². The molecule has 2 aromatic rings. The molecule has 0 radical (unpaired) electrons. The van der Waals surface area contributed by atoms with Gasteiger partial charge in [-0.25, -0.2) is 13.2 Å². The van der Waals surface area contributed by atoms with Crippen molar-refractivity contribution < 1.29 is 28.2 Å². The molecule has 1 amide bonds. The number of piperidine rings is 1. The van der Waals surface area contributed by atoms with E-state index in [2.05, 4.69) is 11.1 Å². The minimum atomic E-state index is -3.37. The first-order valence-electron chi connectivity index (χ1n) is 11.6. The van der Waals surface area contributed by atoms with Crippen LogP contribution in [0.5, 0.6) is 5.75 Å². The Hall–Kier alpha value is -2.07. The molecule has 1 aromatic carbocycles. The van der Waals surface area contributed by atoms with Crippen LogP contribution in [0.1, 0.15) is 44.2 Å². The van der Waals surface area contributed by atoms with Gasteiger partial charge in [0.05, 0.1) is 17.2 Å². The maximum atomic E-state index is 12.5. The van der Waals surface area contributed by atoms with Gasteiger partial charge in [-0.15, -0.1) is 24.8 Å². The van der Waals surface area contributed by atoms with Crippen molar-refractivity contribution in [2.45, 2.75) is 50.9 Å². The van der Waals surface area contributed by atoms with Gasteiger partial charge >= 0.3 is 6.09 Å². The fourth-order valence-corrected chi connectivity index (χ4v) is 6.83. The highest BCUT2D eigenvalue weighted by Gasteiger charge is 2.40. The molecule has 0 aliphatic carbocycles. The average Bonchev–Trinajstić information content (AvgIpc) is 2.78. The van der Waals surface area contributed by atoms with Crippen LogP contribution in [0.2, 0.25) is 0 Å². The Bertz CT molecular complexity index is 1160. The van der Waals surface area contributed by atoms with Crippen molar-refractivity contribution in [3.63, 3.8) is 0 Å². The SMILES string of the molecule is CC(C)(CO)CS(=O)(=O)Cc1ccc(-c2ccc3c(c2)CCC2(CCN(C(=O)O)CC2)O3)nc1.Cl.Cl. The number of nitrogens with zero attached hydrogens (tertiary/aromatic N) is 2. The van der Waals surface area contributed by atoms with E-state index in [0.717, 1.165) is 35.4 Å². The standard InChI is InChI=1S/C25H32N2O6S.2ClH/c1-24(2,16-28)17-34(31,32)15-18-3-5-21(26-14-18)19-4-6-22-20(13-19)7-8-25(33-22)9-11-27(12-10-25)23(29)30;;/h3-6,13-14,28H,7-12,15-17H2,1-2H3,(H,29,30);2*1H. The average molecular weight is 562 g/mol. The topological polar surface area (TPSA) is 117 Å². The highest BCUT2D eigenvalue weighted by atomic mass is 35.5. The second-order valence-corrected chi connectivity index (χ2v) is 12.3. The summed E-state index contributed by atoms with van der Waals surface area (Å²) in [5, 5.41) is 18.6. The second-order valence-electron chi connectivity index (χ2n) is 10.3. The molecule has 4 rings (SSSR count). The lowest BCUT2D eigenvalue weighted by Gasteiger charge is -2.44. The first-order chi connectivity index (χ1) is 16.0. The van der Waals surface area contributed by atoms with Gasteiger partial charge < -0.3 is 19.8 Å². The van der Waals surface area contributed by atoms with Crippen molar-refractivity contribution >= 4 is 40.7 Å². The normalized spacial score (nSPS) is 16.8. The zero-order valence-electron chi connectivity index (χ0n) is 20.5. The van der Waals surface area contributed by atoms with Gasteiger partial charge in [0, 0.05) is 49.7 Å². The Morgan fingerprint density at radius 3 is 2.42 bits per heavy atom. The molecule has 0 atom stereocenters. The number of hydrogen-bond donors (Lipinski definition) is 2. The zero-order valence-corrected chi connectivity index (χ0v) is 22.9. The molecule has 0 unspecified atom stereocenters. The number of carbonyl (C=O) groups is 1. The van der Waals surface area contributed by atoms with E-state index in [-0.39, 0.29) is 48.5 Å². The molecule has 2 N–H and O–H groups in total. The summed E-state index contributed by atoms with van der Waals surface area (Å²) in [7, 11) is -3.37. The third kappa shape index (κ3) is 7.03. The summed E-state index contributed by atoms with van der Waals surface area (Å²) in [6, 6.07) is 9.58. The van der Waals surface area contributed by atoms with Crippen LogP contribution in [0.4, 0.5) is 4.79 Å². The van der Waals surface area contributed by atoms with Crippen molar-refractivity contribution in [1.29, 1.82) is 0 Å². The van der Waals surface area contributed by atoms with Crippen LogP contribution in [0.15, 0.2) is 36.5 Å². The molecule has 2 aliphatic rings. The minimum absolute atomic E-state index is 0. The van der Waals surface area contributed by atoms with Crippen LogP contribution in [0, 0.1) is 5.41 Å². The lowest BCUT2D eigenvalue weighted by molar-refractivity contribution is -0.0103. The van der Waals surface area contributed by atoms with Crippen molar-refractivity contribution in [2.75, 3.05) is 25.4 Å². The number of sulfone groups is 1. The smallest absolute Gasteiger partial charge is 0.407 e. The summed E-state index contributed by atoms with van der Waals surface area (Å²) in [5.41, 5.74) is 2.45. The number of carboxylic acid groups (broad SMARTS) is 1. The fourth-order valence-electron chi connectivity index (χ4n) is 4.76. The van der Waals surface area contributed by atoms with Gasteiger partial charge in [0.1, 0.15) is 11.4 Å². The highest BCUT2D eigenvalue weighted by molar-refractivity contribution is 7.90. The molecule has 0 saturated carbocycles. The van der Waals surface area contributed by atoms with Crippen molar-refractivity contribution in [3.8, 4) is 17.0 Å². The Kier molecular flexibility index (Phi) is 9.67. The molecule has 0 bridgehead atoms. The third-order valence-electron chi connectivity index (χ3n) is 6.73. The molecule has 2 aliphatic heterocycles. The molecule has 11 heteroatoms. The van der Waals surface area contributed by atoms with Crippen LogP contribution < -0.4 is 4.74 Å². The van der Waals surface area contributed by atoms with Crippen LogP contribution in [-0.4, -0.2) is 65.7 Å². The summed E-state index contributed by atoms with van der Waals surface area (Å²) in [5.74, 6) is 0.648. The molecular formula is C25H34Cl2N2O6S. The number of aliphatic hydroxyl groups is 1. The number of aliphatic hydroxyl groups excluding tert-OH is 1. The van der Waals surface area contributed by atoms with E-state index in [1.807, 2.05) is 18.2 Å². The number of aromatic nitrogens is 1. The van der Waals surface area contributed by atoms with Gasteiger partial charge in [0.15, 0.2) is 9.84 Å². The van der Waals surface area contributed by atoms with Crippen LogP contribution in [-0.2, 0) is 22.0 Å². The summed E-state index contributed by atoms with van der Waals surface area (Å²) in [6.45, 7) is 4.25. The third-order valence-corrected chi connectivity index (χ3v) is 8.72. The molecule has 36 heavy (non-hydrogen) atoms. The van der Waals surface area contributed by atoms with E-state index in [0.29, 0.717) is 31.5 Å². The van der Waals surface area contributed by atoms with E-state index < -0.39 is 21.3 Å². The number of halogens is 2. The van der Waals surface area contributed by atoms with Crippen molar-refractivity contribution in [2.24, 2.45) is 5.41 Å². The van der Waals surface area contributed by atoms with E-state index in [1.165, 1.54) is 4.90 Å². The first-order valence-corrected chi connectivity index (χ1v) is 13.4. The highest BCUT2D eigenvalue weighted by Crippen LogP contribution is 2.40. The van der Waals surface area contributed by atoms with E-state index in [4.69, 9.17) is 4.74 Å². The van der Waals surface area contributed by atoms with Gasteiger partial charge in [-0.1, -0.05) is 19.9 Å². The Labute approximate surface area is 224 Å². The lowest BCUT2D eigenvalue weighted by atomic mass is 9.83. The molecule has 8 nitrogen and oxygen atoms in total. The van der Waals surface area contributed by atoms with Crippen LogP contribution >= 0.6 is 24.8 Å². The number of rotatable bonds is 6. The molecule has 1 spiro atoms. The molecular weight excluding hydrogens is 527 g/mol. The number of hydrogen-bond acceptors (Lipinski definition) is 6. The number of ether oxygens (including phenoxy) is 1. The largest absolute Gasteiger partial charge is 0.487 e. The monoisotopic (exact) mass is 560 g/mol. The minimum Gasteiger partial charge on any atom is -0.487 e. The molecule has 200 valence electrons. The van der Waals surface area contributed by atoms with Gasteiger partial charge in [-0.05, 0) is 48.2 Å². The predicted octanol–water partition coefficient (Wildman–Crippen LogP) is 4.36. The number of amides is 1. The maximum absolute atomic E-state index is 12.5. The van der Waals surface area contributed by atoms with Crippen LogP contribution in [0.25, 0.3) is 11.3 Å². The zero-order chi connectivity index (χ0) is 24.6. The quantitative estimate of drug-likeness (QED) is 0.538. The predicted molar refractivity (Wildman–Crippen MR) is 143 cm³/mol. The van der Waals surface area contributed by atoms with Gasteiger partial charge in [0.25, 0.3) is 0 Å². The van der Waals surface area contributed by atoms with Gasteiger partial charge in [0.2, 0.25) is 0 Å². The first kappa shape index (κ1) is 30.2. The summed E-state index contributed by atoms with van der Waals surface area (Å²) < 4.78 is 31.3. The van der Waals surface area contributed by atoms with Crippen molar-refractivity contribution in [3.05, 3.63) is 47.7 Å². The second kappa shape index (κ2) is 11.5. The number of pyridine rings is 1. The lowest BCUT2D eigenvalue weighted by Crippen LogP contribution is -2.50. The molecule has 1 fully saturated rings. The Morgan fingerprint density at radius 2 is 1.83 bits per heavy atom.